The molecule has 1 aliphatic heterocycles. The van der Waals surface area contributed by atoms with Gasteiger partial charge in [0, 0.05) is 18.0 Å². The van der Waals surface area contributed by atoms with Crippen LogP contribution >= 0.6 is 0 Å². The predicted octanol–water partition coefficient (Wildman–Crippen LogP) is 5.06. The Bertz CT molecular complexity index is 755. The molecule has 0 spiro atoms. The fourth-order valence-electron chi connectivity index (χ4n) is 7.26. The highest BCUT2D eigenvalue weighted by Crippen LogP contribution is 2.61. The number of nitrogens with one attached hydrogen (secondary N) is 2. The molecule has 3 heteroatoms. The van der Waals surface area contributed by atoms with Crippen molar-refractivity contribution in [2.24, 2.45) is 22.2 Å². The van der Waals surface area contributed by atoms with Gasteiger partial charge in [-0.1, -0.05) is 65.0 Å². The summed E-state index contributed by atoms with van der Waals surface area (Å²) in [7, 11) is 0. The fourth-order valence-corrected chi connectivity index (χ4v) is 7.26. The number of amides is 1. The number of carbonyl (C=O) groups is 1. The number of piperidine rings is 1. The standard InChI is InChI=1S/C26H40N2O/c1-23(2)13-19-14-25(5,22(29)28-21-11-12-27-18-24(21,3)4)17-26(15-19,16-23)20-9-7-6-8-10-20/h6-10,19,21,27H,11-18H2,1-5H3,(H,28,29). The summed E-state index contributed by atoms with van der Waals surface area (Å²) < 4.78 is 0. The molecule has 160 valence electrons. The summed E-state index contributed by atoms with van der Waals surface area (Å²) in [5.74, 6) is 0.923. The van der Waals surface area contributed by atoms with Crippen molar-refractivity contribution >= 4 is 5.91 Å². The molecule has 3 fully saturated rings. The first kappa shape index (κ1) is 20.9. The molecule has 3 aliphatic rings. The summed E-state index contributed by atoms with van der Waals surface area (Å²) in [6.45, 7) is 13.6. The number of fused-ring (bicyclic) bond motifs is 2. The van der Waals surface area contributed by atoms with Gasteiger partial charge in [-0.15, -0.1) is 0 Å². The molecule has 1 aromatic carbocycles. The summed E-state index contributed by atoms with van der Waals surface area (Å²) in [6.07, 6.45) is 6.69. The number of rotatable bonds is 3. The molecule has 0 aromatic heterocycles. The highest BCUT2D eigenvalue weighted by molar-refractivity contribution is 5.83. The van der Waals surface area contributed by atoms with Crippen LogP contribution in [-0.2, 0) is 10.2 Å². The summed E-state index contributed by atoms with van der Waals surface area (Å²) in [4.78, 5) is 13.7. The van der Waals surface area contributed by atoms with Gasteiger partial charge in [-0.25, -0.2) is 0 Å². The molecule has 1 aromatic rings. The van der Waals surface area contributed by atoms with Gasteiger partial charge in [0.05, 0.1) is 0 Å². The second kappa shape index (κ2) is 7.11. The zero-order valence-corrected chi connectivity index (χ0v) is 19.1. The van der Waals surface area contributed by atoms with E-state index >= 15 is 0 Å². The van der Waals surface area contributed by atoms with Crippen LogP contribution in [0.3, 0.4) is 0 Å². The Kier molecular flexibility index (Phi) is 5.13. The van der Waals surface area contributed by atoms with Crippen molar-refractivity contribution in [2.75, 3.05) is 13.1 Å². The van der Waals surface area contributed by atoms with Crippen molar-refractivity contribution < 1.29 is 4.79 Å². The van der Waals surface area contributed by atoms with Crippen LogP contribution in [-0.4, -0.2) is 25.0 Å². The van der Waals surface area contributed by atoms with Crippen LogP contribution in [0.15, 0.2) is 30.3 Å². The minimum Gasteiger partial charge on any atom is -0.352 e. The molecule has 2 saturated carbocycles. The van der Waals surface area contributed by atoms with Gasteiger partial charge in [0.1, 0.15) is 0 Å². The number of benzene rings is 1. The smallest absolute Gasteiger partial charge is 0.226 e. The quantitative estimate of drug-likeness (QED) is 0.750. The Morgan fingerprint density at radius 2 is 1.72 bits per heavy atom. The lowest BCUT2D eigenvalue weighted by molar-refractivity contribution is -0.139. The minimum absolute atomic E-state index is 0.105. The number of carbonyl (C=O) groups excluding carboxylic acids is 1. The highest BCUT2D eigenvalue weighted by atomic mass is 16.2. The van der Waals surface area contributed by atoms with Gasteiger partial charge in [-0.2, -0.15) is 0 Å². The second-order valence-electron chi connectivity index (χ2n) is 12.2. The molecule has 2 bridgehead atoms. The third-order valence-corrected chi connectivity index (χ3v) is 8.18. The maximum Gasteiger partial charge on any atom is 0.226 e. The van der Waals surface area contributed by atoms with Crippen LogP contribution < -0.4 is 10.6 Å². The van der Waals surface area contributed by atoms with Crippen molar-refractivity contribution in [1.29, 1.82) is 0 Å². The van der Waals surface area contributed by atoms with Crippen molar-refractivity contribution in [3.8, 4) is 0 Å². The molecular weight excluding hydrogens is 356 g/mol. The van der Waals surface area contributed by atoms with E-state index < -0.39 is 0 Å². The van der Waals surface area contributed by atoms with Gasteiger partial charge in [-0.3, -0.25) is 4.79 Å². The van der Waals surface area contributed by atoms with Crippen molar-refractivity contribution in [1.82, 2.24) is 10.6 Å². The van der Waals surface area contributed by atoms with E-state index in [4.69, 9.17) is 0 Å². The maximum absolute atomic E-state index is 13.7. The Morgan fingerprint density at radius 1 is 1.00 bits per heavy atom. The van der Waals surface area contributed by atoms with Crippen LogP contribution in [0.5, 0.6) is 0 Å². The molecule has 3 nitrogen and oxygen atoms in total. The normalized spacial score (nSPS) is 38.2. The molecule has 1 saturated heterocycles. The van der Waals surface area contributed by atoms with Crippen molar-refractivity contribution in [3.05, 3.63) is 35.9 Å². The zero-order valence-electron chi connectivity index (χ0n) is 19.1. The summed E-state index contributed by atoms with van der Waals surface area (Å²) >= 11 is 0. The average molecular weight is 397 g/mol. The Labute approximate surface area is 177 Å². The molecule has 2 N–H and O–H groups in total. The lowest BCUT2D eigenvalue weighted by Gasteiger charge is -2.57. The molecule has 1 heterocycles. The van der Waals surface area contributed by atoms with Gasteiger partial charge in [0.25, 0.3) is 0 Å². The molecule has 4 unspecified atom stereocenters. The SMILES string of the molecule is CC1(C)CC2CC(C)(C(=O)NC3CCNCC3(C)C)CC(c3ccccc3)(C2)C1. The van der Waals surface area contributed by atoms with Crippen LogP contribution in [0.4, 0.5) is 0 Å². The fraction of sp³-hybridized carbons (Fsp3) is 0.731. The lowest BCUT2D eigenvalue weighted by Crippen LogP contribution is -2.59. The van der Waals surface area contributed by atoms with Crippen molar-refractivity contribution in [2.45, 2.75) is 84.6 Å². The number of hydrogen-bond acceptors (Lipinski definition) is 2. The van der Waals surface area contributed by atoms with E-state index in [1.807, 2.05) is 0 Å². The van der Waals surface area contributed by atoms with Gasteiger partial charge >= 0.3 is 0 Å². The van der Waals surface area contributed by atoms with E-state index in [2.05, 4.69) is 75.6 Å². The summed E-state index contributed by atoms with van der Waals surface area (Å²) in [5.41, 5.74) is 1.73. The average Bonchev–Trinajstić information content (AvgIpc) is 2.62. The Hall–Kier alpha value is -1.35. The molecule has 2 aliphatic carbocycles. The molecule has 0 radical (unpaired) electrons. The third-order valence-electron chi connectivity index (χ3n) is 8.18. The minimum atomic E-state index is -0.282. The van der Waals surface area contributed by atoms with Gasteiger partial charge in [0.2, 0.25) is 5.91 Å². The van der Waals surface area contributed by atoms with Gasteiger partial charge < -0.3 is 10.6 Å². The molecule has 4 atom stereocenters. The predicted molar refractivity (Wildman–Crippen MR) is 120 cm³/mol. The van der Waals surface area contributed by atoms with E-state index in [0.29, 0.717) is 17.2 Å². The zero-order chi connectivity index (χ0) is 20.9. The second-order valence-corrected chi connectivity index (χ2v) is 12.2. The van der Waals surface area contributed by atoms with E-state index in [9.17, 15) is 4.79 Å². The van der Waals surface area contributed by atoms with E-state index in [-0.39, 0.29) is 22.3 Å². The lowest BCUT2D eigenvalue weighted by atomic mass is 9.47. The molecule has 29 heavy (non-hydrogen) atoms. The third kappa shape index (κ3) is 4.00. The van der Waals surface area contributed by atoms with E-state index in [1.165, 1.54) is 24.8 Å². The van der Waals surface area contributed by atoms with Crippen LogP contribution in [0.25, 0.3) is 0 Å². The highest BCUT2D eigenvalue weighted by Gasteiger charge is 2.55. The first-order chi connectivity index (χ1) is 13.5. The van der Waals surface area contributed by atoms with E-state index in [1.54, 1.807) is 0 Å². The van der Waals surface area contributed by atoms with Crippen LogP contribution in [0.1, 0.15) is 78.7 Å². The Balaban J connectivity index is 1.62. The van der Waals surface area contributed by atoms with Gasteiger partial charge in [-0.05, 0) is 72.8 Å². The van der Waals surface area contributed by atoms with E-state index in [0.717, 1.165) is 32.4 Å². The Morgan fingerprint density at radius 3 is 2.41 bits per heavy atom. The van der Waals surface area contributed by atoms with Crippen molar-refractivity contribution in [3.63, 3.8) is 0 Å². The molecular formula is C26H40N2O. The monoisotopic (exact) mass is 396 g/mol. The largest absolute Gasteiger partial charge is 0.352 e. The molecule has 4 rings (SSSR count). The topological polar surface area (TPSA) is 41.1 Å². The maximum atomic E-state index is 13.7. The first-order valence-electron chi connectivity index (χ1n) is 11.6. The number of hydrogen-bond donors (Lipinski definition) is 2. The first-order valence-corrected chi connectivity index (χ1v) is 11.6. The summed E-state index contributed by atoms with van der Waals surface area (Å²) in [6, 6.07) is 11.3. The summed E-state index contributed by atoms with van der Waals surface area (Å²) in [5, 5.41) is 7.00. The van der Waals surface area contributed by atoms with Crippen LogP contribution in [0.2, 0.25) is 0 Å². The van der Waals surface area contributed by atoms with Crippen LogP contribution in [0, 0.1) is 22.2 Å². The van der Waals surface area contributed by atoms with Gasteiger partial charge in [0.15, 0.2) is 0 Å². The molecule has 1 amide bonds.